The molecule has 0 aromatic heterocycles. The van der Waals surface area contributed by atoms with Crippen LogP contribution in [0.2, 0.25) is 0 Å². The van der Waals surface area contributed by atoms with Crippen molar-refractivity contribution in [1.82, 2.24) is 4.72 Å². The van der Waals surface area contributed by atoms with Crippen LogP contribution in [-0.2, 0) is 21.2 Å². The molecule has 0 aliphatic carbocycles. The Morgan fingerprint density at radius 2 is 1.95 bits per heavy atom. The Balaban J connectivity index is 2.78. The molecule has 0 unspecified atom stereocenters. The lowest BCUT2D eigenvalue weighted by Crippen LogP contribution is -2.36. The second-order valence-electron chi connectivity index (χ2n) is 3.68. The van der Waals surface area contributed by atoms with Gasteiger partial charge in [0.1, 0.15) is 0 Å². The number of hydrogen-bond donors (Lipinski definition) is 3. The number of aliphatic hydroxyl groups is 1. The van der Waals surface area contributed by atoms with Crippen molar-refractivity contribution in [2.45, 2.75) is 17.4 Å². The lowest BCUT2D eigenvalue weighted by atomic mass is 10.2. The van der Waals surface area contributed by atoms with E-state index in [4.69, 9.17) is 15.5 Å². The second kappa shape index (κ2) is 6.29. The van der Waals surface area contributed by atoms with Gasteiger partial charge in [-0.3, -0.25) is 0 Å². The molecule has 0 fully saturated rings. The summed E-state index contributed by atoms with van der Waals surface area (Å²) in [7, 11) is -3.88. The summed E-state index contributed by atoms with van der Waals surface area (Å²) in [5, 5.41) is 25.9. The van der Waals surface area contributed by atoms with Gasteiger partial charge in [0.15, 0.2) is 6.10 Å². The Labute approximate surface area is 110 Å². The minimum Gasteiger partial charge on any atom is -0.479 e. The average molecular weight is 284 g/mol. The first-order valence-corrected chi connectivity index (χ1v) is 6.71. The molecule has 8 heteroatoms. The highest BCUT2D eigenvalue weighted by atomic mass is 32.2. The highest BCUT2D eigenvalue weighted by Gasteiger charge is 2.19. The smallest absolute Gasteiger partial charge is 0.333 e. The van der Waals surface area contributed by atoms with Crippen molar-refractivity contribution in [2.24, 2.45) is 0 Å². The number of rotatable bonds is 6. The number of carbonyl (C=O) groups is 1. The molecule has 1 aromatic carbocycles. The Morgan fingerprint density at radius 1 is 1.37 bits per heavy atom. The maximum absolute atomic E-state index is 11.7. The molecule has 0 saturated carbocycles. The van der Waals surface area contributed by atoms with Crippen LogP contribution in [0.3, 0.4) is 0 Å². The molecule has 1 atom stereocenters. The van der Waals surface area contributed by atoms with Crippen LogP contribution in [0.4, 0.5) is 0 Å². The van der Waals surface area contributed by atoms with Crippen LogP contribution < -0.4 is 4.72 Å². The van der Waals surface area contributed by atoms with Gasteiger partial charge in [0.2, 0.25) is 10.0 Å². The van der Waals surface area contributed by atoms with Gasteiger partial charge in [-0.05, 0) is 17.7 Å². The molecule has 1 rings (SSSR count). The summed E-state index contributed by atoms with van der Waals surface area (Å²) in [4.78, 5) is 10.3. The third-order valence-electron chi connectivity index (χ3n) is 2.27. The van der Waals surface area contributed by atoms with Crippen molar-refractivity contribution in [3.63, 3.8) is 0 Å². The molecule has 7 nitrogen and oxygen atoms in total. The van der Waals surface area contributed by atoms with E-state index in [-0.39, 0.29) is 11.3 Å². The van der Waals surface area contributed by atoms with Crippen molar-refractivity contribution < 1.29 is 23.4 Å². The summed E-state index contributed by atoms with van der Waals surface area (Å²) < 4.78 is 25.5. The van der Waals surface area contributed by atoms with Gasteiger partial charge < -0.3 is 10.2 Å². The van der Waals surface area contributed by atoms with Gasteiger partial charge >= 0.3 is 5.97 Å². The summed E-state index contributed by atoms with van der Waals surface area (Å²) >= 11 is 0. The normalized spacial score (nSPS) is 12.6. The third kappa shape index (κ3) is 4.33. The van der Waals surface area contributed by atoms with Gasteiger partial charge in [-0.2, -0.15) is 5.26 Å². The van der Waals surface area contributed by atoms with E-state index in [0.717, 1.165) is 0 Å². The van der Waals surface area contributed by atoms with E-state index >= 15 is 0 Å². The van der Waals surface area contributed by atoms with Crippen LogP contribution >= 0.6 is 0 Å². The largest absolute Gasteiger partial charge is 0.479 e. The number of aliphatic carboxylic acids is 1. The predicted octanol–water partition coefficient (Wildman–Crippen LogP) is -0.524. The van der Waals surface area contributed by atoms with E-state index in [1.165, 1.54) is 24.3 Å². The Kier molecular flexibility index (Phi) is 5.00. The van der Waals surface area contributed by atoms with Gasteiger partial charge in [-0.25, -0.2) is 17.9 Å². The molecular formula is C11H12N2O5S. The van der Waals surface area contributed by atoms with E-state index < -0.39 is 28.6 Å². The Hall–Kier alpha value is -1.95. The Bertz CT molecular complexity index is 589. The fraction of sp³-hybridized carbons (Fsp3) is 0.273. The molecule has 102 valence electrons. The van der Waals surface area contributed by atoms with E-state index in [2.05, 4.69) is 0 Å². The number of nitrogens with zero attached hydrogens (tertiary/aromatic N) is 1. The second-order valence-corrected chi connectivity index (χ2v) is 5.45. The van der Waals surface area contributed by atoms with Crippen LogP contribution in [0.5, 0.6) is 0 Å². The first-order valence-electron chi connectivity index (χ1n) is 5.23. The molecule has 0 heterocycles. The zero-order chi connectivity index (χ0) is 14.5. The fourth-order valence-corrected chi connectivity index (χ4v) is 2.28. The monoisotopic (exact) mass is 284 g/mol. The highest BCUT2D eigenvalue weighted by molar-refractivity contribution is 7.89. The molecule has 3 N–H and O–H groups in total. The number of nitrogens with one attached hydrogen (secondary N) is 1. The zero-order valence-corrected chi connectivity index (χ0v) is 10.6. The van der Waals surface area contributed by atoms with E-state index in [9.17, 15) is 13.2 Å². The number of carboxylic acid groups (broad SMARTS) is 1. The number of hydrogen-bond acceptors (Lipinski definition) is 5. The lowest BCUT2D eigenvalue weighted by molar-refractivity contribution is -0.146. The standard InChI is InChI=1S/C11H12N2O5S/c12-6-5-8-1-3-9(4-2-8)19(17,18)13-7-10(14)11(15)16/h1-4,10,13-14H,5,7H2,(H,15,16)/t10-/m0/s1. The van der Waals surface area contributed by atoms with Gasteiger partial charge in [0.25, 0.3) is 0 Å². The summed E-state index contributed by atoms with van der Waals surface area (Å²) in [6, 6.07) is 7.53. The van der Waals surface area contributed by atoms with E-state index in [1.54, 1.807) is 0 Å². The molecule has 0 radical (unpaired) electrons. The minimum absolute atomic E-state index is 0.0632. The number of nitriles is 1. The average Bonchev–Trinajstić information content (AvgIpc) is 2.37. The first-order chi connectivity index (χ1) is 8.86. The molecule has 19 heavy (non-hydrogen) atoms. The lowest BCUT2D eigenvalue weighted by Gasteiger charge is -2.09. The van der Waals surface area contributed by atoms with Gasteiger partial charge in [0.05, 0.1) is 17.4 Å². The topological polar surface area (TPSA) is 127 Å². The number of sulfonamides is 1. The van der Waals surface area contributed by atoms with Crippen molar-refractivity contribution in [1.29, 1.82) is 5.26 Å². The summed E-state index contributed by atoms with van der Waals surface area (Å²) in [6.45, 7) is -0.613. The third-order valence-corrected chi connectivity index (χ3v) is 3.71. The van der Waals surface area contributed by atoms with E-state index in [0.29, 0.717) is 5.56 Å². The zero-order valence-electron chi connectivity index (χ0n) is 9.78. The predicted molar refractivity (Wildman–Crippen MR) is 64.6 cm³/mol. The first kappa shape index (κ1) is 15.1. The van der Waals surface area contributed by atoms with Gasteiger partial charge in [0, 0.05) is 6.54 Å². The molecule has 0 spiro atoms. The number of benzene rings is 1. The van der Waals surface area contributed by atoms with Crippen LogP contribution in [0.25, 0.3) is 0 Å². The van der Waals surface area contributed by atoms with Crippen LogP contribution in [0.15, 0.2) is 29.2 Å². The van der Waals surface area contributed by atoms with Crippen molar-refractivity contribution in [3.05, 3.63) is 29.8 Å². The molecule has 0 saturated heterocycles. The number of carboxylic acids is 1. The summed E-state index contributed by atoms with van der Waals surface area (Å²) in [5.74, 6) is -1.51. The SMILES string of the molecule is N#CCc1ccc(S(=O)(=O)NC[C@H](O)C(=O)O)cc1. The highest BCUT2D eigenvalue weighted by Crippen LogP contribution is 2.10. The fourth-order valence-electron chi connectivity index (χ4n) is 1.24. The van der Waals surface area contributed by atoms with E-state index in [1.807, 2.05) is 10.8 Å². The molecule has 0 aliphatic rings. The minimum atomic E-state index is -3.88. The number of aliphatic hydroxyl groups excluding tert-OH is 1. The maximum atomic E-state index is 11.7. The Morgan fingerprint density at radius 3 is 2.42 bits per heavy atom. The maximum Gasteiger partial charge on any atom is 0.333 e. The summed E-state index contributed by atoms with van der Waals surface area (Å²) in [6.07, 6.45) is -1.63. The molecule has 0 aliphatic heterocycles. The van der Waals surface area contributed by atoms with Gasteiger partial charge in [-0.15, -0.1) is 0 Å². The molecule has 0 bridgehead atoms. The van der Waals surface area contributed by atoms with Crippen LogP contribution in [0, 0.1) is 11.3 Å². The van der Waals surface area contributed by atoms with Crippen LogP contribution in [0.1, 0.15) is 5.56 Å². The molecular weight excluding hydrogens is 272 g/mol. The quantitative estimate of drug-likeness (QED) is 0.644. The molecule has 1 aromatic rings. The van der Waals surface area contributed by atoms with Crippen LogP contribution in [-0.4, -0.2) is 37.2 Å². The molecule has 0 amide bonds. The van der Waals surface area contributed by atoms with Gasteiger partial charge in [-0.1, -0.05) is 12.1 Å². The van der Waals surface area contributed by atoms with Crippen molar-refractivity contribution in [2.75, 3.05) is 6.54 Å². The summed E-state index contributed by atoms with van der Waals surface area (Å²) in [5.41, 5.74) is 0.673. The van der Waals surface area contributed by atoms with Crippen molar-refractivity contribution in [3.8, 4) is 6.07 Å². The van der Waals surface area contributed by atoms with Crippen molar-refractivity contribution >= 4 is 16.0 Å².